The Hall–Kier alpha value is -0.590. The number of halogens is 5. The van der Waals surface area contributed by atoms with Gasteiger partial charge in [0.25, 0.3) is 0 Å². The molecular formula is C9H3F3I2O4. The molecule has 0 spiro atoms. The Morgan fingerprint density at radius 1 is 1.22 bits per heavy atom. The number of alkyl halides is 3. The average molecular weight is 486 g/mol. The van der Waals surface area contributed by atoms with Crippen LogP contribution in [-0.4, -0.2) is 23.2 Å². The summed E-state index contributed by atoms with van der Waals surface area (Å²) in [4.78, 5) is 21.6. The van der Waals surface area contributed by atoms with Crippen LogP contribution < -0.4 is 4.74 Å². The quantitative estimate of drug-likeness (QED) is 0.397. The van der Waals surface area contributed by atoms with Crippen molar-refractivity contribution in [2.24, 2.45) is 0 Å². The molecule has 0 heterocycles. The summed E-state index contributed by atoms with van der Waals surface area (Å²) in [6.07, 6.45) is -5.18. The van der Waals surface area contributed by atoms with Crippen LogP contribution in [0, 0.1) is 7.14 Å². The summed E-state index contributed by atoms with van der Waals surface area (Å²) < 4.78 is 40.9. The van der Waals surface area contributed by atoms with E-state index in [4.69, 9.17) is 5.11 Å². The number of carboxylic acids is 1. The number of aromatic carboxylic acids is 1. The van der Waals surface area contributed by atoms with Crippen molar-refractivity contribution < 1.29 is 32.6 Å². The molecule has 0 radical (unpaired) electrons. The molecular weight excluding hydrogens is 483 g/mol. The van der Waals surface area contributed by atoms with Gasteiger partial charge in [0.1, 0.15) is 5.56 Å². The molecule has 1 N–H and O–H groups in total. The van der Waals surface area contributed by atoms with Crippen molar-refractivity contribution >= 4 is 57.1 Å². The SMILES string of the molecule is O=C(O)c1cc(I)cc(I)c1OC(=O)C(F)(F)F. The predicted octanol–water partition coefficient (Wildman–Crippen LogP) is 3.06. The summed E-state index contributed by atoms with van der Waals surface area (Å²) >= 11 is 3.39. The second kappa shape index (κ2) is 5.59. The minimum absolute atomic E-state index is 0.106. The van der Waals surface area contributed by atoms with Gasteiger partial charge in [-0.05, 0) is 57.3 Å². The number of hydrogen-bond donors (Lipinski definition) is 1. The first-order chi connectivity index (χ1) is 8.12. The van der Waals surface area contributed by atoms with Gasteiger partial charge in [0, 0.05) is 3.57 Å². The standard InChI is InChI=1S/C9H3F3I2O4/c10-9(11,12)8(17)18-6-4(7(15)16)1-3(13)2-5(6)14/h1-2H,(H,15,16). The van der Waals surface area contributed by atoms with Crippen LogP contribution in [0.15, 0.2) is 12.1 Å². The number of carbonyl (C=O) groups excluding carboxylic acids is 1. The Labute approximate surface area is 126 Å². The van der Waals surface area contributed by atoms with Crippen LogP contribution in [0.3, 0.4) is 0 Å². The van der Waals surface area contributed by atoms with E-state index in [1.807, 2.05) is 0 Å². The second-order valence-electron chi connectivity index (χ2n) is 2.96. The molecule has 1 aromatic rings. The van der Waals surface area contributed by atoms with E-state index in [2.05, 4.69) is 4.74 Å². The highest BCUT2D eigenvalue weighted by Crippen LogP contribution is 2.30. The van der Waals surface area contributed by atoms with E-state index in [1.165, 1.54) is 6.07 Å². The lowest BCUT2D eigenvalue weighted by molar-refractivity contribution is -0.189. The minimum Gasteiger partial charge on any atom is -0.478 e. The lowest BCUT2D eigenvalue weighted by Gasteiger charge is -2.11. The number of ether oxygens (including phenoxy) is 1. The van der Waals surface area contributed by atoms with Gasteiger partial charge in [-0.2, -0.15) is 13.2 Å². The van der Waals surface area contributed by atoms with Crippen molar-refractivity contribution in [1.82, 2.24) is 0 Å². The first-order valence-electron chi connectivity index (χ1n) is 4.14. The highest BCUT2D eigenvalue weighted by molar-refractivity contribution is 14.1. The number of hydrogen-bond acceptors (Lipinski definition) is 3. The predicted molar refractivity (Wildman–Crippen MR) is 70.5 cm³/mol. The highest BCUT2D eigenvalue weighted by atomic mass is 127. The molecule has 0 unspecified atom stereocenters. The fourth-order valence-electron chi connectivity index (χ4n) is 0.974. The zero-order chi connectivity index (χ0) is 14.1. The van der Waals surface area contributed by atoms with Gasteiger partial charge < -0.3 is 9.84 Å². The van der Waals surface area contributed by atoms with E-state index in [0.717, 1.165) is 6.07 Å². The highest BCUT2D eigenvalue weighted by Gasteiger charge is 2.42. The molecule has 0 aliphatic heterocycles. The lowest BCUT2D eigenvalue weighted by atomic mass is 10.2. The van der Waals surface area contributed by atoms with Crippen molar-refractivity contribution in [3.63, 3.8) is 0 Å². The molecule has 0 amide bonds. The van der Waals surface area contributed by atoms with Crippen LogP contribution in [0.4, 0.5) is 13.2 Å². The molecule has 0 bridgehead atoms. The van der Waals surface area contributed by atoms with Gasteiger partial charge in [-0.25, -0.2) is 9.59 Å². The lowest BCUT2D eigenvalue weighted by Crippen LogP contribution is -2.29. The summed E-state index contributed by atoms with van der Waals surface area (Å²) in [6, 6.07) is 2.51. The molecule has 18 heavy (non-hydrogen) atoms. The van der Waals surface area contributed by atoms with Gasteiger partial charge in [-0.15, -0.1) is 0 Å². The van der Waals surface area contributed by atoms with Gasteiger partial charge >= 0.3 is 18.1 Å². The third-order valence-electron chi connectivity index (χ3n) is 1.67. The smallest absolute Gasteiger partial charge is 0.478 e. The van der Waals surface area contributed by atoms with Gasteiger partial charge in [0.2, 0.25) is 0 Å². The first kappa shape index (κ1) is 15.5. The molecule has 1 rings (SSSR count). The summed E-state index contributed by atoms with van der Waals surface area (Å²) in [5.41, 5.74) is -0.496. The van der Waals surface area contributed by atoms with Crippen LogP contribution in [0.25, 0.3) is 0 Å². The molecule has 4 nitrogen and oxygen atoms in total. The fourth-order valence-corrected chi connectivity index (χ4v) is 2.93. The molecule has 9 heteroatoms. The number of rotatable bonds is 2. The first-order valence-corrected chi connectivity index (χ1v) is 6.30. The molecule has 0 aliphatic rings. The summed E-state index contributed by atoms with van der Waals surface area (Å²) in [6.45, 7) is 0. The summed E-state index contributed by atoms with van der Waals surface area (Å²) in [7, 11) is 0. The van der Waals surface area contributed by atoms with E-state index in [9.17, 15) is 22.8 Å². The molecule has 0 aromatic heterocycles. The van der Waals surface area contributed by atoms with Crippen LogP contribution >= 0.6 is 45.2 Å². The number of carbonyl (C=O) groups is 2. The molecule has 0 saturated carbocycles. The largest absolute Gasteiger partial charge is 0.491 e. The maximum atomic E-state index is 12.1. The van der Waals surface area contributed by atoms with E-state index in [0.29, 0.717) is 3.57 Å². The van der Waals surface area contributed by atoms with E-state index >= 15 is 0 Å². The normalized spacial score (nSPS) is 11.2. The maximum Gasteiger partial charge on any atom is 0.491 e. The van der Waals surface area contributed by atoms with Crippen LogP contribution in [0.5, 0.6) is 5.75 Å². The summed E-state index contributed by atoms with van der Waals surface area (Å²) in [5.74, 6) is -4.54. The second-order valence-corrected chi connectivity index (χ2v) is 5.36. The Balaban J connectivity index is 3.24. The zero-order valence-corrected chi connectivity index (χ0v) is 12.5. The molecule has 0 aliphatic carbocycles. The third kappa shape index (κ3) is 3.70. The zero-order valence-electron chi connectivity index (χ0n) is 8.22. The van der Waals surface area contributed by atoms with Gasteiger partial charge in [-0.1, -0.05) is 0 Å². The minimum atomic E-state index is -5.18. The Bertz CT molecular complexity index is 513. The van der Waals surface area contributed by atoms with E-state index in [-0.39, 0.29) is 3.57 Å². The third-order valence-corrected chi connectivity index (χ3v) is 3.09. The molecule has 0 fully saturated rings. The van der Waals surface area contributed by atoms with E-state index in [1.54, 1.807) is 45.2 Å². The topological polar surface area (TPSA) is 63.6 Å². The number of carboxylic acid groups (broad SMARTS) is 1. The Morgan fingerprint density at radius 2 is 1.78 bits per heavy atom. The Morgan fingerprint density at radius 3 is 2.22 bits per heavy atom. The van der Waals surface area contributed by atoms with Crippen molar-refractivity contribution in [2.45, 2.75) is 6.18 Å². The molecule has 0 atom stereocenters. The van der Waals surface area contributed by atoms with Crippen LogP contribution in [0.2, 0.25) is 0 Å². The van der Waals surface area contributed by atoms with Crippen molar-refractivity contribution in [1.29, 1.82) is 0 Å². The van der Waals surface area contributed by atoms with E-state index < -0.39 is 29.4 Å². The average Bonchev–Trinajstić information content (AvgIpc) is 2.19. The maximum absolute atomic E-state index is 12.1. The Kier molecular flexibility index (Phi) is 4.80. The van der Waals surface area contributed by atoms with Gasteiger partial charge in [-0.3, -0.25) is 0 Å². The molecule has 98 valence electrons. The van der Waals surface area contributed by atoms with Crippen LogP contribution in [-0.2, 0) is 4.79 Å². The summed E-state index contributed by atoms with van der Waals surface area (Å²) in [5, 5.41) is 8.85. The van der Waals surface area contributed by atoms with Gasteiger partial charge in [0.05, 0.1) is 3.57 Å². The van der Waals surface area contributed by atoms with Gasteiger partial charge in [0.15, 0.2) is 5.75 Å². The van der Waals surface area contributed by atoms with Crippen LogP contribution in [0.1, 0.15) is 10.4 Å². The fraction of sp³-hybridized carbons (Fsp3) is 0.111. The number of benzene rings is 1. The van der Waals surface area contributed by atoms with Crippen molar-refractivity contribution in [3.05, 3.63) is 24.8 Å². The number of esters is 1. The van der Waals surface area contributed by atoms with Crippen molar-refractivity contribution in [2.75, 3.05) is 0 Å². The molecule has 1 aromatic carbocycles. The monoisotopic (exact) mass is 486 g/mol. The van der Waals surface area contributed by atoms with Crippen molar-refractivity contribution in [3.8, 4) is 5.75 Å². The molecule has 0 saturated heterocycles.